The highest BCUT2D eigenvalue weighted by molar-refractivity contribution is 5.94. The van der Waals surface area contributed by atoms with Crippen molar-refractivity contribution in [2.75, 3.05) is 6.54 Å². The molecule has 26 heavy (non-hydrogen) atoms. The van der Waals surface area contributed by atoms with Gasteiger partial charge in [-0.25, -0.2) is 4.99 Å². The van der Waals surface area contributed by atoms with Gasteiger partial charge in [0.2, 0.25) is 0 Å². The molecule has 6 nitrogen and oxygen atoms in total. The highest BCUT2D eigenvalue weighted by atomic mass is 16.3. The molecule has 140 valence electrons. The Balaban J connectivity index is 2.01. The van der Waals surface area contributed by atoms with Gasteiger partial charge in [-0.1, -0.05) is 12.1 Å². The van der Waals surface area contributed by atoms with Crippen LogP contribution in [-0.4, -0.2) is 24.0 Å². The van der Waals surface area contributed by atoms with E-state index in [1.54, 1.807) is 6.26 Å². The largest absolute Gasteiger partial charge is 0.467 e. The molecule has 3 N–H and O–H groups in total. The fourth-order valence-corrected chi connectivity index (χ4v) is 2.32. The number of aliphatic imine (C=N–C) groups is 1. The Morgan fingerprint density at radius 1 is 1.15 bits per heavy atom. The fraction of sp³-hybridized carbons (Fsp3) is 0.400. The number of nitrogens with zero attached hydrogens (tertiary/aromatic N) is 1. The highest BCUT2D eigenvalue weighted by Crippen LogP contribution is 2.09. The summed E-state index contributed by atoms with van der Waals surface area (Å²) in [6.07, 6.45) is 1.65. The molecule has 1 heterocycles. The van der Waals surface area contributed by atoms with Crippen molar-refractivity contribution in [3.63, 3.8) is 0 Å². The summed E-state index contributed by atoms with van der Waals surface area (Å²) in [5, 5.41) is 9.40. The molecule has 0 saturated heterocycles. The maximum absolute atomic E-state index is 12.3. The van der Waals surface area contributed by atoms with Crippen molar-refractivity contribution in [2.45, 2.75) is 46.3 Å². The molecule has 0 saturated carbocycles. The minimum Gasteiger partial charge on any atom is -0.467 e. The third-order valence-corrected chi connectivity index (χ3v) is 3.45. The van der Waals surface area contributed by atoms with Gasteiger partial charge in [0.1, 0.15) is 5.76 Å². The minimum absolute atomic E-state index is 0.0776. The molecule has 0 aliphatic heterocycles. The standard InChI is InChI=1S/C20H28N4O2/c1-5-21-19(23-14-17-10-7-11-26-17)22-13-15-8-6-9-16(12-15)18(25)24-20(2,3)4/h6-12H,5,13-14H2,1-4H3,(H,24,25)(H2,21,22,23). The molecule has 1 aromatic heterocycles. The van der Waals surface area contributed by atoms with Crippen molar-refractivity contribution in [2.24, 2.45) is 4.99 Å². The first-order valence-electron chi connectivity index (χ1n) is 8.83. The Hall–Kier alpha value is -2.76. The molecule has 1 aromatic carbocycles. The van der Waals surface area contributed by atoms with Crippen LogP contribution in [-0.2, 0) is 13.1 Å². The molecular weight excluding hydrogens is 328 g/mol. The van der Waals surface area contributed by atoms with Gasteiger partial charge in [0.25, 0.3) is 5.91 Å². The van der Waals surface area contributed by atoms with Crippen molar-refractivity contribution < 1.29 is 9.21 Å². The van der Waals surface area contributed by atoms with E-state index in [4.69, 9.17) is 4.42 Å². The van der Waals surface area contributed by atoms with Crippen LogP contribution in [0, 0.1) is 0 Å². The number of rotatable bonds is 6. The maximum atomic E-state index is 12.3. The zero-order valence-electron chi connectivity index (χ0n) is 15.9. The van der Waals surface area contributed by atoms with Crippen LogP contribution in [0.4, 0.5) is 0 Å². The molecule has 0 atom stereocenters. The number of hydrogen-bond acceptors (Lipinski definition) is 3. The Morgan fingerprint density at radius 2 is 1.96 bits per heavy atom. The molecule has 1 amide bonds. The molecule has 0 aliphatic carbocycles. The molecule has 0 aliphatic rings. The average molecular weight is 356 g/mol. The van der Waals surface area contributed by atoms with Crippen LogP contribution >= 0.6 is 0 Å². The molecule has 0 radical (unpaired) electrons. The van der Waals surface area contributed by atoms with Crippen LogP contribution in [0.5, 0.6) is 0 Å². The van der Waals surface area contributed by atoms with Gasteiger partial charge in [-0.15, -0.1) is 0 Å². The first-order chi connectivity index (χ1) is 12.4. The highest BCUT2D eigenvalue weighted by Gasteiger charge is 2.15. The average Bonchev–Trinajstić information content (AvgIpc) is 3.09. The van der Waals surface area contributed by atoms with Gasteiger partial charge in [-0.05, 0) is 57.5 Å². The van der Waals surface area contributed by atoms with Crippen LogP contribution < -0.4 is 16.0 Å². The summed E-state index contributed by atoms with van der Waals surface area (Å²) in [6.45, 7) is 9.71. The summed E-state index contributed by atoms with van der Waals surface area (Å²) in [4.78, 5) is 16.9. The first kappa shape index (κ1) is 19.6. The van der Waals surface area contributed by atoms with Gasteiger partial charge >= 0.3 is 0 Å². The summed E-state index contributed by atoms with van der Waals surface area (Å²) >= 11 is 0. The van der Waals surface area contributed by atoms with Crippen molar-refractivity contribution in [1.82, 2.24) is 16.0 Å². The lowest BCUT2D eigenvalue weighted by Gasteiger charge is -2.20. The predicted octanol–water partition coefficient (Wildman–Crippen LogP) is 3.06. The molecule has 0 fully saturated rings. The van der Waals surface area contributed by atoms with Gasteiger partial charge in [-0.2, -0.15) is 0 Å². The summed E-state index contributed by atoms with van der Waals surface area (Å²) in [5.74, 6) is 1.47. The fourth-order valence-electron chi connectivity index (χ4n) is 2.32. The van der Waals surface area contributed by atoms with E-state index < -0.39 is 0 Å². The topological polar surface area (TPSA) is 78.7 Å². The van der Waals surface area contributed by atoms with E-state index in [1.807, 2.05) is 64.1 Å². The van der Waals surface area contributed by atoms with Crippen LogP contribution in [0.15, 0.2) is 52.1 Å². The van der Waals surface area contributed by atoms with E-state index in [0.717, 1.165) is 17.9 Å². The summed E-state index contributed by atoms with van der Waals surface area (Å²) in [5.41, 5.74) is 1.35. The maximum Gasteiger partial charge on any atom is 0.251 e. The smallest absolute Gasteiger partial charge is 0.251 e. The van der Waals surface area contributed by atoms with Crippen LogP contribution in [0.25, 0.3) is 0 Å². The van der Waals surface area contributed by atoms with Crippen molar-refractivity contribution in [1.29, 1.82) is 0 Å². The molecule has 2 aromatic rings. The molecule has 0 unspecified atom stereocenters. The number of amides is 1. The number of furan rings is 1. The first-order valence-corrected chi connectivity index (χ1v) is 8.83. The van der Waals surface area contributed by atoms with E-state index in [0.29, 0.717) is 24.6 Å². The zero-order valence-corrected chi connectivity index (χ0v) is 15.9. The SMILES string of the molecule is CCNC(=NCc1cccc(C(=O)NC(C)(C)C)c1)NCc1ccco1. The Bertz CT molecular complexity index is 731. The quantitative estimate of drug-likeness (QED) is 0.549. The molecular formula is C20H28N4O2. The lowest BCUT2D eigenvalue weighted by atomic mass is 10.1. The monoisotopic (exact) mass is 356 g/mol. The van der Waals surface area contributed by atoms with Crippen LogP contribution in [0.3, 0.4) is 0 Å². The molecule has 2 rings (SSSR count). The zero-order chi connectivity index (χ0) is 19.0. The number of carbonyl (C=O) groups excluding carboxylic acids is 1. The number of carbonyl (C=O) groups is 1. The molecule has 0 spiro atoms. The number of hydrogen-bond donors (Lipinski definition) is 3. The van der Waals surface area contributed by atoms with E-state index in [-0.39, 0.29) is 11.4 Å². The molecule has 6 heteroatoms. The van der Waals surface area contributed by atoms with E-state index in [2.05, 4.69) is 20.9 Å². The summed E-state index contributed by atoms with van der Waals surface area (Å²) < 4.78 is 5.32. The summed E-state index contributed by atoms with van der Waals surface area (Å²) in [7, 11) is 0. The van der Waals surface area contributed by atoms with Crippen molar-refractivity contribution in [3.8, 4) is 0 Å². The third kappa shape index (κ3) is 6.63. The van der Waals surface area contributed by atoms with Crippen LogP contribution in [0.2, 0.25) is 0 Å². The second-order valence-corrected chi connectivity index (χ2v) is 7.03. The van der Waals surface area contributed by atoms with Crippen LogP contribution in [0.1, 0.15) is 49.4 Å². The van der Waals surface area contributed by atoms with E-state index >= 15 is 0 Å². The lowest BCUT2D eigenvalue weighted by Crippen LogP contribution is -2.40. The second-order valence-electron chi connectivity index (χ2n) is 7.03. The molecule has 0 bridgehead atoms. The summed E-state index contributed by atoms with van der Waals surface area (Å²) in [6, 6.07) is 11.3. The second kappa shape index (κ2) is 9.08. The predicted molar refractivity (Wildman–Crippen MR) is 104 cm³/mol. The number of nitrogens with one attached hydrogen (secondary N) is 3. The van der Waals surface area contributed by atoms with E-state index in [1.165, 1.54) is 0 Å². The van der Waals surface area contributed by atoms with Gasteiger partial charge in [0.05, 0.1) is 19.4 Å². The Labute approximate surface area is 155 Å². The van der Waals surface area contributed by atoms with Gasteiger partial charge in [0, 0.05) is 17.6 Å². The third-order valence-electron chi connectivity index (χ3n) is 3.45. The minimum atomic E-state index is -0.265. The van der Waals surface area contributed by atoms with Crippen molar-refractivity contribution >= 4 is 11.9 Å². The van der Waals surface area contributed by atoms with Crippen molar-refractivity contribution in [3.05, 3.63) is 59.5 Å². The van der Waals surface area contributed by atoms with Gasteiger partial charge in [0.15, 0.2) is 5.96 Å². The van der Waals surface area contributed by atoms with Gasteiger partial charge in [-0.3, -0.25) is 4.79 Å². The Morgan fingerprint density at radius 3 is 2.62 bits per heavy atom. The Kier molecular flexibility index (Phi) is 6.83. The lowest BCUT2D eigenvalue weighted by molar-refractivity contribution is 0.0919. The van der Waals surface area contributed by atoms with E-state index in [9.17, 15) is 4.79 Å². The number of benzene rings is 1. The normalized spacial score (nSPS) is 11.9. The number of guanidine groups is 1. The van der Waals surface area contributed by atoms with Gasteiger partial charge < -0.3 is 20.4 Å².